The third kappa shape index (κ3) is 1.22. The average Bonchev–Trinajstić information content (AvgIpc) is 2.68. The minimum atomic E-state index is 0.317. The van der Waals surface area contributed by atoms with Gasteiger partial charge in [0.1, 0.15) is 0 Å². The Kier molecular flexibility index (Phi) is 2.03. The molecule has 0 radical (unpaired) electrons. The second-order valence-electron chi connectivity index (χ2n) is 5.92. The van der Waals surface area contributed by atoms with Gasteiger partial charge in [0.2, 0.25) is 0 Å². The van der Waals surface area contributed by atoms with Crippen LogP contribution in [0.4, 0.5) is 0 Å². The molecule has 1 aromatic heterocycles. The highest BCUT2D eigenvalue weighted by Gasteiger charge is 2.66. The Labute approximate surface area is 106 Å². The summed E-state index contributed by atoms with van der Waals surface area (Å²) in [7, 11) is 0. The Balaban J connectivity index is 1.57. The van der Waals surface area contributed by atoms with E-state index in [0.29, 0.717) is 5.38 Å². The number of halogens is 1. The van der Waals surface area contributed by atoms with Crippen LogP contribution in [0.5, 0.6) is 0 Å². The van der Waals surface area contributed by atoms with E-state index in [0.717, 1.165) is 29.6 Å². The first-order valence-corrected chi connectivity index (χ1v) is 7.71. The maximum absolute atomic E-state index is 6.69. The Hall–Kier alpha value is -0.0100. The smallest absolute Gasteiger partial charge is 0.0712 e. The van der Waals surface area contributed by atoms with Crippen molar-refractivity contribution in [1.82, 2.24) is 0 Å². The molecule has 3 fully saturated rings. The predicted molar refractivity (Wildman–Crippen MR) is 69.0 cm³/mol. The van der Waals surface area contributed by atoms with E-state index in [2.05, 4.69) is 19.1 Å². The largest absolute Gasteiger partial charge is 0.144 e. The molecule has 3 saturated carbocycles. The molecule has 0 saturated heterocycles. The highest BCUT2D eigenvalue weighted by atomic mass is 35.5. The summed E-state index contributed by atoms with van der Waals surface area (Å²) in [5, 5.41) is 0.317. The third-order valence-corrected chi connectivity index (χ3v) is 6.90. The zero-order valence-corrected chi connectivity index (χ0v) is 11.1. The van der Waals surface area contributed by atoms with Gasteiger partial charge in [0.15, 0.2) is 0 Å². The predicted octanol–water partition coefficient (Wildman–Crippen LogP) is 4.63. The van der Waals surface area contributed by atoms with Crippen LogP contribution in [0, 0.1) is 36.5 Å². The molecule has 3 aliphatic rings. The van der Waals surface area contributed by atoms with Crippen molar-refractivity contribution in [2.75, 3.05) is 0 Å². The van der Waals surface area contributed by atoms with Gasteiger partial charge in [0, 0.05) is 9.75 Å². The van der Waals surface area contributed by atoms with Crippen molar-refractivity contribution in [1.29, 1.82) is 0 Å². The van der Waals surface area contributed by atoms with Crippen LogP contribution in [0.25, 0.3) is 0 Å². The topological polar surface area (TPSA) is 0 Å². The first kappa shape index (κ1) is 9.96. The molecule has 1 aromatic rings. The van der Waals surface area contributed by atoms with Crippen molar-refractivity contribution in [3.63, 3.8) is 0 Å². The molecule has 0 N–H and O–H groups in total. The second-order valence-corrected chi connectivity index (χ2v) is 7.71. The summed E-state index contributed by atoms with van der Waals surface area (Å²) in [6.07, 6.45) is 4.52. The number of hydrogen-bond acceptors (Lipinski definition) is 1. The van der Waals surface area contributed by atoms with Crippen LogP contribution in [0.2, 0.25) is 0 Å². The monoisotopic (exact) mass is 252 g/mol. The zero-order valence-electron chi connectivity index (χ0n) is 9.53. The first-order chi connectivity index (χ1) is 7.75. The van der Waals surface area contributed by atoms with Crippen LogP contribution >= 0.6 is 22.9 Å². The zero-order chi connectivity index (χ0) is 10.9. The molecule has 2 bridgehead atoms. The number of fused-ring (bicyclic) bond motifs is 5. The lowest BCUT2D eigenvalue weighted by molar-refractivity contribution is 0.456. The van der Waals surface area contributed by atoms with Gasteiger partial charge in [-0.2, -0.15) is 0 Å². The van der Waals surface area contributed by atoms with E-state index < -0.39 is 0 Å². The fourth-order valence-corrected chi connectivity index (χ4v) is 6.03. The molecule has 0 spiro atoms. The maximum atomic E-state index is 6.69. The number of hydrogen-bond donors (Lipinski definition) is 0. The van der Waals surface area contributed by atoms with Gasteiger partial charge in [-0.3, -0.25) is 0 Å². The summed E-state index contributed by atoms with van der Waals surface area (Å²) in [5.74, 6) is 4.92. The molecule has 0 nitrogen and oxygen atoms in total. The average molecular weight is 253 g/mol. The Morgan fingerprint density at radius 2 is 1.94 bits per heavy atom. The van der Waals surface area contributed by atoms with Crippen LogP contribution < -0.4 is 0 Å². The summed E-state index contributed by atoms with van der Waals surface area (Å²) in [6.45, 7) is 2.18. The molecule has 2 heteroatoms. The van der Waals surface area contributed by atoms with Crippen molar-refractivity contribution >= 4 is 22.9 Å². The fraction of sp³-hybridized carbons (Fsp3) is 0.714. The molecule has 0 aromatic carbocycles. The Morgan fingerprint density at radius 3 is 2.50 bits per heavy atom. The highest BCUT2D eigenvalue weighted by molar-refractivity contribution is 7.12. The van der Waals surface area contributed by atoms with Gasteiger partial charge in [-0.1, -0.05) is 0 Å². The van der Waals surface area contributed by atoms with Gasteiger partial charge in [0.05, 0.1) is 5.38 Å². The molecule has 1 heterocycles. The first-order valence-electron chi connectivity index (χ1n) is 6.46. The number of aryl methyl sites for hydroxylation is 1. The van der Waals surface area contributed by atoms with E-state index in [1.54, 1.807) is 0 Å². The van der Waals surface area contributed by atoms with Gasteiger partial charge in [-0.15, -0.1) is 22.9 Å². The normalized spacial score (nSPS) is 45.8. The quantitative estimate of drug-likeness (QED) is 0.674. The molecular weight excluding hydrogens is 236 g/mol. The van der Waals surface area contributed by atoms with Crippen molar-refractivity contribution in [3.8, 4) is 0 Å². The van der Waals surface area contributed by atoms with Crippen LogP contribution in [-0.2, 0) is 0 Å². The molecule has 3 aliphatic carbocycles. The highest BCUT2D eigenvalue weighted by Crippen LogP contribution is 2.73. The summed E-state index contributed by atoms with van der Waals surface area (Å²) in [6, 6.07) is 4.45. The standard InChI is InChI=1S/C14H17ClS/c1-7-2-5-10(16-7)14(15)13-11-8-3-4-9(6-8)12(11)13/h2,5,8-9,11-14H,3-4,6H2,1H3. The molecule has 5 atom stereocenters. The van der Waals surface area contributed by atoms with E-state index >= 15 is 0 Å². The van der Waals surface area contributed by atoms with Crippen molar-refractivity contribution < 1.29 is 0 Å². The van der Waals surface area contributed by atoms with E-state index in [1.165, 1.54) is 29.0 Å². The van der Waals surface area contributed by atoms with Gasteiger partial charge in [-0.25, -0.2) is 0 Å². The SMILES string of the molecule is Cc1ccc(C(Cl)C2C3C4CCC(C4)C32)s1. The van der Waals surface area contributed by atoms with Crippen LogP contribution in [-0.4, -0.2) is 0 Å². The number of rotatable bonds is 2. The third-order valence-electron chi connectivity index (χ3n) is 5.17. The van der Waals surface area contributed by atoms with E-state index in [-0.39, 0.29) is 0 Å². The molecule has 86 valence electrons. The molecule has 16 heavy (non-hydrogen) atoms. The van der Waals surface area contributed by atoms with Crippen LogP contribution in [0.15, 0.2) is 12.1 Å². The lowest BCUT2D eigenvalue weighted by atomic mass is 10.00. The van der Waals surface area contributed by atoms with Crippen molar-refractivity contribution in [2.24, 2.45) is 29.6 Å². The Bertz CT molecular complexity index is 408. The minimum Gasteiger partial charge on any atom is -0.144 e. The molecule has 5 unspecified atom stereocenters. The van der Waals surface area contributed by atoms with E-state index in [1.807, 2.05) is 11.3 Å². The second kappa shape index (κ2) is 3.26. The molecule has 0 aliphatic heterocycles. The maximum Gasteiger partial charge on any atom is 0.0712 e. The van der Waals surface area contributed by atoms with E-state index in [4.69, 9.17) is 11.6 Å². The number of thiophene rings is 1. The lowest BCUT2D eigenvalue weighted by Gasteiger charge is -2.12. The van der Waals surface area contributed by atoms with Gasteiger partial charge < -0.3 is 0 Å². The minimum absolute atomic E-state index is 0.317. The lowest BCUT2D eigenvalue weighted by Crippen LogP contribution is -2.02. The van der Waals surface area contributed by atoms with Crippen molar-refractivity contribution in [3.05, 3.63) is 21.9 Å². The van der Waals surface area contributed by atoms with Crippen molar-refractivity contribution in [2.45, 2.75) is 31.6 Å². The van der Waals surface area contributed by atoms with Crippen LogP contribution in [0.1, 0.15) is 34.4 Å². The van der Waals surface area contributed by atoms with Gasteiger partial charge in [0.25, 0.3) is 0 Å². The van der Waals surface area contributed by atoms with E-state index in [9.17, 15) is 0 Å². The fourth-order valence-electron chi connectivity index (χ4n) is 4.58. The summed E-state index contributed by atoms with van der Waals surface area (Å²) in [4.78, 5) is 2.81. The molecule has 4 rings (SSSR count). The summed E-state index contributed by atoms with van der Waals surface area (Å²) in [5.41, 5.74) is 0. The molecule has 0 amide bonds. The number of alkyl halides is 1. The van der Waals surface area contributed by atoms with Crippen LogP contribution in [0.3, 0.4) is 0 Å². The summed E-state index contributed by atoms with van der Waals surface area (Å²) >= 11 is 8.58. The van der Waals surface area contributed by atoms with Gasteiger partial charge in [-0.05, 0) is 67.9 Å². The Morgan fingerprint density at radius 1 is 1.25 bits per heavy atom. The summed E-state index contributed by atoms with van der Waals surface area (Å²) < 4.78 is 0. The van der Waals surface area contributed by atoms with Gasteiger partial charge >= 0.3 is 0 Å². The molecular formula is C14H17ClS.